The summed E-state index contributed by atoms with van der Waals surface area (Å²) >= 11 is 0. The highest BCUT2D eigenvalue weighted by atomic mass is 19.4. The van der Waals surface area contributed by atoms with Gasteiger partial charge in [0.25, 0.3) is 0 Å². The third-order valence-electron chi connectivity index (χ3n) is 4.58. The molecule has 0 radical (unpaired) electrons. The van der Waals surface area contributed by atoms with Gasteiger partial charge in [-0.05, 0) is 34.0 Å². The molecule has 0 bridgehead atoms. The highest BCUT2D eigenvalue weighted by Crippen LogP contribution is 2.29. The molecular weight excluding hydrogens is 381 g/mol. The standard InChI is InChI=1S/C22H19F3N2O2/c23-22(24,25)18-9-6-14(7-10-18)12-19(21(26)29)27-20(28)13-15-5-8-16-3-1-2-4-17(16)11-15/h1-11,19H,12-13H2,(H2,26,29)(H,27,28)/t19-/m0/s1. The van der Waals surface area contributed by atoms with Crippen LogP contribution in [0.4, 0.5) is 13.2 Å². The number of amides is 2. The van der Waals surface area contributed by atoms with Crippen molar-refractivity contribution in [3.05, 3.63) is 83.4 Å². The lowest BCUT2D eigenvalue weighted by molar-refractivity contribution is -0.137. The first kappa shape index (κ1) is 20.4. The van der Waals surface area contributed by atoms with Gasteiger partial charge in [0.05, 0.1) is 12.0 Å². The van der Waals surface area contributed by atoms with Crippen molar-refractivity contribution in [2.24, 2.45) is 5.73 Å². The molecule has 7 heteroatoms. The molecule has 2 amide bonds. The number of hydrogen-bond acceptors (Lipinski definition) is 2. The Morgan fingerprint density at radius 1 is 0.897 bits per heavy atom. The largest absolute Gasteiger partial charge is 0.416 e. The quantitative estimate of drug-likeness (QED) is 0.664. The van der Waals surface area contributed by atoms with E-state index in [2.05, 4.69) is 5.32 Å². The molecule has 0 saturated carbocycles. The summed E-state index contributed by atoms with van der Waals surface area (Å²) in [6, 6.07) is 16.8. The minimum Gasteiger partial charge on any atom is -0.368 e. The van der Waals surface area contributed by atoms with Crippen LogP contribution in [0.3, 0.4) is 0 Å². The van der Waals surface area contributed by atoms with Crippen LogP contribution in [0.5, 0.6) is 0 Å². The minimum absolute atomic E-state index is 0.0108. The van der Waals surface area contributed by atoms with Crippen LogP contribution in [0.15, 0.2) is 66.7 Å². The molecule has 0 aliphatic heterocycles. The van der Waals surface area contributed by atoms with Gasteiger partial charge in [-0.2, -0.15) is 13.2 Å². The molecule has 3 aromatic carbocycles. The molecule has 0 aliphatic rings. The Balaban J connectivity index is 1.66. The van der Waals surface area contributed by atoms with Crippen LogP contribution >= 0.6 is 0 Å². The number of carbonyl (C=O) groups is 2. The maximum Gasteiger partial charge on any atom is 0.416 e. The Bertz CT molecular complexity index is 1030. The van der Waals surface area contributed by atoms with E-state index in [9.17, 15) is 22.8 Å². The number of alkyl halides is 3. The molecule has 0 heterocycles. The first-order chi connectivity index (χ1) is 13.7. The highest BCUT2D eigenvalue weighted by Gasteiger charge is 2.30. The van der Waals surface area contributed by atoms with Gasteiger partial charge in [0.2, 0.25) is 11.8 Å². The van der Waals surface area contributed by atoms with Crippen molar-refractivity contribution in [2.45, 2.75) is 25.1 Å². The third kappa shape index (κ3) is 5.34. The second-order valence-electron chi connectivity index (χ2n) is 6.78. The van der Waals surface area contributed by atoms with Crippen molar-refractivity contribution in [1.29, 1.82) is 0 Å². The molecule has 3 rings (SSSR count). The molecule has 0 aliphatic carbocycles. The second kappa shape index (κ2) is 8.34. The third-order valence-corrected chi connectivity index (χ3v) is 4.58. The van der Waals surface area contributed by atoms with E-state index in [0.717, 1.165) is 28.5 Å². The molecule has 0 aromatic heterocycles. The van der Waals surface area contributed by atoms with Crippen LogP contribution in [0, 0.1) is 0 Å². The van der Waals surface area contributed by atoms with Gasteiger partial charge < -0.3 is 11.1 Å². The first-order valence-corrected chi connectivity index (χ1v) is 8.95. The van der Waals surface area contributed by atoms with Crippen LogP contribution in [-0.2, 0) is 28.6 Å². The van der Waals surface area contributed by atoms with E-state index in [1.54, 1.807) is 0 Å². The summed E-state index contributed by atoms with van der Waals surface area (Å²) in [6.45, 7) is 0. The van der Waals surface area contributed by atoms with Gasteiger partial charge in [0.1, 0.15) is 6.04 Å². The lowest BCUT2D eigenvalue weighted by atomic mass is 10.0. The average Bonchev–Trinajstić information content (AvgIpc) is 2.67. The Morgan fingerprint density at radius 2 is 1.52 bits per heavy atom. The SMILES string of the molecule is NC(=O)[C@H](Cc1ccc(C(F)(F)F)cc1)NC(=O)Cc1ccc2ccccc2c1. The minimum atomic E-state index is -4.43. The van der Waals surface area contributed by atoms with Crippen molar-refractivity contribution in [1.82, 2.24) is 5.32 Å². The molecule has 3 N–H and O–H groups in total. The van der Waals surface area contributed by atoms with Gasteiger partial charge in [0, 0.05) is 6.42 Å². The Kier molecular flexibility index (Phi) is 5.87. The van der Waals surface area contributed by atoms with Crippen LogP contribution in [0.25, 0.3) is 10.8 Å². The van der Waals surface area contributed by atoms with Gasteiger partial charge in [-0.3, -0.25) is 9.59 Å². The van der Waals surface area contributed by atoms with E-state index in [-0.39, 0.29) is 12.8 Å². The molecule has 0 saturated heterocycles. The van der Waals surface area contributed by atoms with E-state index in [0.29, 0.717) is 5.56 Å². The summed E-state index contributed by atoms with van der Waals surface area (Å²) < 4.78 is 38.0. The molecule has 150 valence electrons. The van der Waals surface area contributed by atoms with Gasteiger partial charge in [-0.1, -0.05) is 54.6 Å². The topological polar surface area (TPSA) is 72.2 Å². The van der Waals surface area contributed by atoms with Crippen LogP contribution in [0.1, 0.15) is 16.7 Å². The normalized spacial score (nSPS) is 12.5. The van der Waals surface area contributed by atoms with Crippen molar-refractivity contribution < 1.29 is 22.8 Å². The molecule has 0 fully saturated rings. The zero-order valence-corrected chi connectivity index (χ0v) is 15.4. The predicted octanol–water partition coefficient (Wildman–Crippen LogP) is 3.61. The van der Waals surface area contributed by atoms with Gasteiger partial charge in [-0.15, -0.1) is 0 Å². The number of halogens is 3. The lowest BCUT2D eigenvalue weighted by Gasteiger charge is -2.16. The molecular formula is C22H19F3N2O2. The first-order valence-electron chi connectivity index (χ1n) is 8.95. The molecule has 0 spiro atoms. The molecule has 4 nitrogen and oxygen atoms in total. The molecule has 29 heavy (non-hydrogen) atoms. The average molecular weight is 400 g/mol. The second-order valence-corrected chi connectivity index (χ2v) is 6.78. The number of hydrogen-bond donors (Lipinski definition) is 2. The lowest BCUT2D eigenvalue weighted by Crippen LogP contribution is -2.46. The number of nitrogens with one attached hydrogen (secondary N) is 1. The van der Waals surface area contributed by atoms with Crippen molar-refractivity contribution in [3.8, 4) is 0 Å². The van der Waals surface area contributed by atoms with Gasteiger partial charge in [0.15, 0.2) is 0 Å². The number of benzene rings is 3. The Hall–Kier alpha value is -3.35. The summed E-state index contributed by atoms with van der Waals surface area (Å²) in [4.78, 5) is 24.1. The number of carbonyl (C=O) groups excluding carboxylic acids is 2. The fourth-order valence-electron chi connectivity index (χ4n) is 3.07. The monoisotopic (exact) mass is 400 g/mol. The Labute approximate surface area is 165 Å². The van der Waals surface area contributed by atoms with Gasteiger partial charge in [-0.25, -0.2) is 0 Å². The van der Waals surface area contributed by atoms with Gasteiger partial charge >= 0.3 is 6.18 Å². The van der Waals surface area contributed by atoms with E-state index >= 15 is 0 Å². The van der Waals surface area contributed by atoms with Crippen LogP contribution in [-0.4, -0.2) is 17.9 Å². The number of primary amides is 1. The van der Waals surface area contributed by atoms with Crippen molar-refractivity contribution >= 4 is 22.6 Å². The maximum atomic E-state index is 12.7. The van der Waals surface area contributed by atoms with Crippen LogP contribution in [0.2, 0.25) is 0 Å². The number of fused-ring (bicyclic) bond motifs is 1. The van der Waals surface area contributed by atoms with Crippen LogP contribution < -0.4 is 11.1 Å². The molecule has 1 atom stereocenters. The summed E-state index contributed by atoms with van der Waals surface area (Å²) in [7, 11) is 0. The van der Waals surface area contributed by atoms with E-state index in [1.165, 1.54) is 12.1 Å². The van der Waals surface area contributed by atoms with Crippen molar-refractivity contribution in [2.75, 3.05) is 0 Å². The zero-order chi connectivity index (χ0) is 21.0. The zero-order valence-electron chi connectivity index (χ0n) is 15.4. The summed E-state index contributed by atoms with van der Waals surface area (Å²) in [6.07, 6.45) is -4.37. The summed E-state index contributed by atoms with van der Waals surface area (Å²) in [5.41, 5.74) is 5.83. The fourth-order valence-corrected chi connectivity index (χ4v) is 3.07. The van der Waals surface area contributed by atoms with E-state index in [1.807, 2.05) is 42.5 Å². The molecule has 0 unspecified atom stereocenters. The highest BCUT2D eigenvalue weighted by molar-refractivity contribution is 5.89. The molecule has 3 aromatic rings. The van der Waals surface area contributed by atoms with E-state index < -0.39 is 29.6 Å². The number of nitrogens with two attached hydrogens (primary N) is 1. The fraction of sp³-hybridized carbons (Fsp3) is 0.182. The summed E-state index contributed by atoms with van der Waals surface area (Å²) in [5.74, 6) is -1.15. The van der Waals surface area contributed by atoms with Crippen molar-refractivity contribution in [3.63, 3.8) is 0 Å². The Morgan fingerprint density at radius 3 is 2.14 bits per heavy atom. The smallest absolute Gasteiger partial charge is 0.368 e. The number of rotatable bonds is 6. The van der Waals surface area contributed by atoms with E-state index in [4.69, 9.17) is 5.73 Å². The maximum absolute atomic E-state index is 12.7. The summed E-state index contributed by atoms with van der Waals surface area (Å²) in [5, 5.41) is 4.62. The predicted molar refractivity (Wildman–Crippen MR) is 104 cm³/mol.